The van der Waals surface area contributed by atoms with Gasteiger partial charge in [0.2, 0.25) is 0 Å². The van der Waals surface area contributed by atoms with E-state index in [1.807, 2.05) is 0 Å². The lowest BCUT2D eigenvalue weighted by atomic mass is 9.76. The third-order valence-corrected chi connectivity index (χ3v) is 7.02. The first-order valence-corrected chi connectivity index (χ1v) is 11.2. The van der Waals surface area contributed by atoms with Crippen molar-refractivity contribution in [2.24, 2.45) is 5.92 Å². The van der Waals surface area contributed by atoms with Crippen LogP contribution in [0.2, 0.25) is 0 Å². The third-order valence-electron chi connectivity index (χ3n) is 7.02. The molecule has 15 atom stereocenters. The van der Waals surface area contributed by atoms with E-state index in [-0.39, 0.29) is 5.57 Å². The normalized spacial score (nSPS) is 51.2. The zero-order valence-corrected chi connectivity index (χ0v) is 18.5. The second-order valence-corrected chi connectivity index (χ2v) is 9.16. The molecule has 15 unspecified atom stereocenters. The molecule has 0 aromatic rings. The van der Waals surface area contributed by atoms with Crippen molar-refractivity contribution in [2.45, 2.75) is 85.5 Å². The van der Waals surface area contributed by atoms with Gasteiger partial charge in [0.05, 0.1) is 44.1 Å². The molecular weight excluding hydrogens is 478 g/mol. The highest BCUT2D eigenvalue weighted by Gasteiger charge is 2.54. The van der Waals surface area contributed by atoms with E-state index in [9.17, 15) is 61.3 Å². The van der Waals surface area contributed by atoms with Gasteiger partial charge in [-0.25, -0.2) is 0 Å². The van der Waals surface area contributed by atoms with E-state index in [1.165, 1.54) is 6.08 Å². The SMILES string of the molecule is OCC1=CC(NC2C(O)C(O)C(OC3OC(CO)C(O)C(O)C3O)C(CO)C2O)C(O)C(O)C1O. The molecule has 0 aromatic carbocycles. The van der Waals surface area contributed by atoms with Gasteiger partial charge >= 0.3 is 0 Å². The Kier molecular flexibility index (Phi) is 9.58. The Morgan fingerprint density at radius 2 is 1.37 bits per heavy atom. The van der Waals surface area contributed by atoms with E-state index in [0.717, 1.165) is 0 Å². The number of hydrogen-bond donors (Lipinski definition) is 13. The largest absolute Gasteiger partial charge is 0.396 e. The fraction of sp³-hybridized carbons (Fsp3) is 0.900. The molecule has 13 N–H and O–H groups in total. The monoisotopic (exact) mass is 513 g/mol. The zero-order chi connectivity index (χ0) is 26.2. The molecule has 3 rings (SSSR count). The predicted molar refractivity (Wildman–Crippen MR) is 111 cm³/mol. The van der Waals surface area contributed by atoms with Crippen LogP contribution in [0, 0.1) is 5.92 Å². The Balaban J connectivity index is 1.79. The molecule has 0 amide bonds. The molecule has 15 nitrogen and oxygen atoms in total. The minimum Gasteiger partial charge on any atom is -0.396 e. The van der Waals surface area contributed by atoms with Crippen molar-refractivity contribution >= 4 is 0 Å². The summed E-state index contributed by atoms with van der Waals surface area (Å²) in [5.74, 6) is -1.31. The topological polar surface area (TPSA) is 273 Å². The average molecular weight is 513 g/mol. The van der Waals surface area contributed by atoms with Crippen molar-refractivity contribution in [2.75, 3.05) is 19.8 Å². The van der Waals surface area contributed by atoms with Gasteiger partial charge in [-0.3, -0.25) is 0 Å². The molecule has 0 spiro atoms. The molecule has 1 aliphatic heterocycles. The first kappa shape index (κ1) is 28.7. The second kappa shape index (κ2) is 11.7. The van der Waals surface area contributed by atoms with E-state index in [4.69, 9.17) is 9.47 Å². The van der Waals surface area contributed by atoms with Crippen LogP contribution in [0.15, 0.2) is 11.6 Å². The first-order valence-electron chi connectivity index (χ1n) is 11.2. The van der Waals surface area contributed by atoms with Crippen molar-refractivity contribution in [1.82, 2.24) is 5.32 Å². The van der Waals surface area contributed by atoms with Crippen LogP contribution in [0.3, 0.4) is 0 Å². The van der Waals surface area contributed by atoms with Crippen molar-refractivity contribution in [3.8, 4) is 0 Å². The lowest BCUT2D eigenvalue weighted by Gasteiger charge is -2.49. The summed E-state index contributed by atoms with van der Waals surface area (Å²) in [7, 11) is 0. The minimum absolute atomic E-state index is 0.0248. The fourth-order valence-corrected chi connectivity index (χ4v) is 4.81. The molecule has 204 valence electrons. The van der Waals surface area contributed by atoms with Crippen LogP contribution >= 0.6 is 0 Å². The lowest BCUT2D eigenvalue weighted by molar-refractivity contribution is -0.332. The average Bonchev–Trinajstić information content (AvgIpc) is 2.85. The summed E-state index contributed by atoms with van der Waals surface area (Å²) >= 11 is 0. The minimum atomic E-state index is -1.84. The first-order chi connectivity index (χ1) is 16.5. The number of rotatable bonds is 7. The third kappa shape index (κ3) is 5.40. The molecule has 2 fully saturated rings. The molecule has 1 saturated heterocycles. The number of aliphatic hydroxyl groups is 12. The summed E-state index contributed by atoms with van der Waals surface area (Å²) in [5, 5.41) is 124. The molecule has 0 radical (unpaired) electrons. The molecule has 0 bridgehead atoms. The van der Waals surface area contributed by atoms with Gasteiger partial charge in [0.1, 0.15) is 54.9 Å². The standard InChI is InChI=1S/C20H35NO14/c22-2-5-1-7(12(27)15(30)10(5)25)21-9-11(26)6(3-23)19(17(32)14(9)29)35-20-18(33)16(31)13(28)8(4-24)34-20/h1,6-33H,2-4H2. The van der Waals surface area contributed by atoms with Crippen LogP contribution in [-0.2, 0) is 9.47 Å². The molecule has 35 heavy (non-hydrogen) atoms. The molecule has 1 saturated carbocycles. The smallest absolute Gasteiger partial charge is 0.187 e. The highest BCUT2D eigenvalue weighted by molar-refractivity contribution is 5.22. The zero-order valence-electron chi connectivity index (χ0n) is 18.5. The second-order valence-electron chi connectivity index (χ2n) is 9.16. The summed E-state index contributed by atoms with van der Waals surface area (Å²) in [6, 6.07) is -2.59. The fourth-order valence-electron chi connectivity index (χ4n) is 4.81. The number of ether oxygens (including phenoxy) is 2. The molecule has 3 aliphatic rings. The molecule has 15 heteroatoms. The van der Waals surface area contributed by atoms with E-state index < -0.39 is 111 Å². The number of aliphatic hydroxyl groups excluding tert-OH is 12. The van der Waals surface area contributed by atoms with Crippen molar-refractivity contribution in [3.63, 3.8) is 0 Å². The maximum absolute atomic E-state index is 10.9. The van der Waals surface area contributed by atoms with Gasteiger partial charge in [0.15, 0.2) is 6.29 Å². The van der Waals surface area contributed by atoms with E-state index >= 15 is 0 Å². The molecule has 0 aromatic heterocycles. The Morgan fingerprint density at radius 3 is 1.94 bits per heavy atom. The summed E-state index contributed by atoms with van der Waals surface area (Å²) in [6.07, 6.45) is -18.8. The summed E-state index contributed by atoms with van der Waals surface area (Å²) in [6.45, 7) is -2.18. The van der Waals surface area contributed by atoms with Gasteiger partial charge in [-0.15, -0.1) is 0 Å². The van der Waals surface area contributed by atoms with E-state index in [1.54, 1.807) is 0 Å². The summed E-state index contributed by atoms with van der Waals surface area (Å²) < 4.78 is 10.7. The Hall–Kier alpha value is -0.860. The van der Waals surface area contributed by atoms with Gasteiger partial charge < -0.3 is 76.1 Å². The highest BCUT2D eigenvalue weighted by atomic mass is 16.7. The van der Waals surface area contributed by atoms with Gasteiger partial charge in [-0.1, -0.05) is 6.08 Å². The lowest BCUT2D eigenvalue weighted by Crippen LogP contribution is -2.70. The highest BCUT2D eigenvalue weighted by Crippen LogP contribution is 2.33. The molecule has 1 heterocycles. The maximum atomic E-state index is 10.9. The quantitative estimate of drug-likeness (QED) is 0.141. The van der Waals surface area contributed by atoms with Crippen LogP contribution in [-0.4, -0.2) is 167 Å². The summed E-state index contributed by atoms with van der Waals surface area (Å²) in [5.41, 5.74) is -0.0248. The van der Waals surface area contributed by atoms with E-state index in [0.29, 0.717) is 0 Å². The maximum Gasteiger partial charge on any atom is 0.187 e. The van der Waals surface area contributed by atoms with Crippen molar-refractivity contribution in [1.29, 1.82) is 0 Å². The molecular formula is C20H35NO14. The van der Waals surface area contributed by atoms with Crippen molar-refractivity contribution < 1.29 is 70.8 Å². The van der Waals surface area contributed by atoms with E-state index in [2.05, 4.69) is 5.32 Å². The van der Waals surface area contributed by atoms with Crippen LogP contribution < -0.4 is 5.32 Å². The van der Waals surface area contributed by atoms with Crippen LogP contribution in [0.25, 0.3) is 0 Å². The van der Waals surface area contributed by atoms with Crippen LogP contribution in [0.4, 0.5) is 0 Å². The predicted octanol–water partition coefficient (Wildman–Crippen LogP) is -7.78. The Bertz CT molecular complexity index is 726. The van der Waals surface area contributed by atoms with Gasteiger partial charge in [-0.2, -0.15) is 0 Å². The molecule has 2 aliphatic carbocycles. The Labute approximate surface area is 199 Å². The Morgan fingerprint density at radius 1 is 0.714 bits per heavy atom. The van der Waals surface area contributed by atoms with Gasteiger partial charge in [0, 0.05) is 5.92 Å². The summed E-state index contributed by atoms with van der Waals surface area (Å²) in [4.78, 5) is 0. The van der Waals surface area contributed by atoms with Gasteiger partial charge in [-0.05, 0) is 5.57 Å². The van der Waals surface area contributed by atoms with Crippen LogP contribution in [0.1, 0.15) is 0 Å². The number of nitrogens with one attached hydrogen (secondary N) is 1. The van der Waals surface area contributed by atoms with Crippen molar-refractivity contribution in [3.05, 3.63) is 11.6 Å². The van der Waals surface area contributed by atoms with Crippen LogP contribution in [0.5, 0.6) is 0 Å². The number of hydrogen-bond acceptors (Lipinski definition) is 15. The van der Waals surface area contributed by atoms with Gasteiger partial charge in [0.25, 0.3) is 0 Å².